The summed E-state index contributed by atoms with van der Waals surface area (Å²) < 4.78 is 0. The summed E-state index contributed by atoms with van der Waals surface area (Å²) >= 11 is 0. The van der Waals surface area contributed by atoms with Crippen LogP contribution in [0.15, 0.2) is 0 Å². The van der Waals surface area contributed by atoms with Crippen LogP contribution in [0.4, 0.5) is 0 Å². The molecule has 12 heavy (non-hydrogen) atoms. The van der Waals surface area contributed by atoms with Gasteiger partial charge in [-0.1, -0.05) is 0 Å². The van der Waals surface area contributed by atoms with Gasteiger partial charge in [-0.15, -0.1) is 0 Å². The molecule has 0 bridgehead atoms. The fourth-order valence-electron chi connectivity index (χ4n) is 0.374. The van der Waals surface area contributed by atoms with Crippen molar-refractivity contribution >= 4 is 0 Å². The minimum atomic E-state index is -0.352. The molecule has 0 aliphatic heterocycles. The molecule has 0 aromatic rings. The van der Waals surface area contributed by atoms with Crippen molar-refractivity contribution in [2.24, 2.45) is 0 Å². The molecule has 0 spiro atoms. The quantitative estimate of drug-likeness (QED) is 0.470. The monoisotopic (exact) mass is 180 g/mol. The second-order valence-electron chi connectivity index (χ2n) is 2.72. The average molecular weight is 180 g/mol. The SMILES string of the molecule is C[C@@H](O)CCO.C[C@@H](O)CCO. The summed E-state index contributed by atoms with van der Waals surface area (Å²) in [5.74, 6) is 0. The molecule has 0 fully saturated rings. The maximum Gasteiger partial charge on any atom is 0.0533 e. The van der Waals surface area contributed by atoms with Crippen LogP contribution in [0.3, 0.4) is 0 Å². The highest BCUT2D eigenvalue weighted by Gasteiger charge is 1.88. The Morgan fingerprint density at radius 1 is 0.833 bits per heavy atom. The third-order valence-corrected chi connectivity index (χ3v) is 1.09. The van der Waals surface area contributed by atoms with Crippen LogP contribution in [-0.4, -0.2) is 45.8 Å². The molecule has 0 heterocycles. The molecule has 2 atom stereocenters. The smallest absolute Gasteiger partial charge is 0.0533 e. The maximum atomic E-state index is 8.39. The fourth-order valence-corrected chi connectivity index (χ4v) is 0.374. The molecule has 0 aromatic carbocycles. The number of aliphatic hydroxyl groups excluding tert-OH is 4. The minimum Gasteiger partial charge on any atom is -0.396 e. The molecule has 0 unspecified atom stereocenters. The van der Waals surface area contributed by atoms with E-state index in [0.717, 1.165) is 0 Å². The number of rotatable bonds is 4. The predicted molar refractivity (Wildman–Crippen MR) is 46.8 cm³/mol. The first-order chi connectivity index (χ1) is 5.54. The first kappa shape index (κ1) is 14.4. The highest BCUT2D eigenvalue weighted by molar-refractivity contribution is 4.41. The van der Waals surface area contributed by atoms with Crippen LogP contribution in [0.1, 0.15) is 26.7 Å². The van der Waals surface area contributed by atoms with Crippen molar-refractivity contribution in [3.63, 3.8) is 0 Å². The first-order valence-corrected chi connectivity index (χ1v) is 4.12. The van der Waals surface area contributed by atoms with Crippen molar-refractivity contribution < 1.29 is 20.4 Å². The lowest BCUT2D eigenvalue weighted by Gasteiger charge is -1.95. The first-order valence-electron chi connectivity index (χ1n) is 4.12. The van der Waals surface area contributed by atoms with E-state index in [1.54, 1.807) is 13.8 Å². The summed E-state index contributed by atoms with van der Waals surface area (Å²) in [6, 6.07) is 0. The van der Waals surface area contributed by atoms with Crippen LogP contribution in [-0.2, 0) is 0 Å². The Bertz CT molecular complexity index is 63.5. The van der Waals surface area contributed by atoms with E-state index in [4.69, 9.17) is 20.4 Å². The largest absolute Gasteiger partial charge is 0.396 e. The molecule has 0 aromatic heterocycles. The third kappa shape index (κ3) is 22.5. The zero-order valence-electron chi connectivity index (χ0n) is 7.77. The van der Waals surface area contributed by atoms with E-state index in [0.29, 0.717) is 12.8 Å². The maximum absolute atomic E-state index is 8.39. The standard InChI is InChI=1S/2C4H10O2/c2*1-4(6)2-3-5/h2*4-6H,2-3H2,1H3/t2*4-/m11/s1. The second kappa shape index (κ2) is 10.8. The van der Waals surface area contributed by atoms with E-state index in [9.17, 15) is 0 Å². The molecule has 0 amide bonds. The van der Waals surface area contributed by atoms with Crippen LogP contribution in [0.25, 0.3) is 0 Å². The van der Waals surface area contributed by atoms with Crippen molar-refractivity contribution in [2.45, 2.75) is 38.9 Å². The van der Waals surface area contributed by atoms with Gasteiger partial charge < -0.3 is 20.4 Å². The normalized spacial score (nSPS) is 14.5. The molecule has 0 saturated carbocycles. The molecule has 76 valence electrons. The Balaban J connectivity index is 0. The molecule has 0 radical (unpaired) electrons. The zero-order valence-corrected chi connectivity index (χ0v) is 7.77. The number of hydrogen-bond acceptors (Lipinski definition) is 4. The Morgan fingerprint density at radius 3 is 1.08 bits per heavy atom. The van der Waals surface area contributed by atoms with Gasteiger partial charge in [0.05, 0.1) is 12.2 Å². The molecular formula is C8H20O4. The van der Waals surface area contributed by atoms with Gasteiger partial charge in [-0.2, -0.15) is 0 Å². The van der Waals surface area contributed by atoms with Gasteiger partial charge in [0.25, 0.3) is 0 Å². The predicted octanol–water partition coefficient (Wildman–Crippen LogP) is -0.501. The fraction of sp³-hybridized carbons (Fsp3) is 1.00. The lowest BCUT2D eigenvalue weighted by Crippen LogP contribution is -2.00. The molecule has 4 heteroatoms. The third-order valence-electron chi connectivity index (χ3n) is 1.09. The second-order valence-corrected chi connectivity index (χ2v) is 2.72. The summed E-state index contributed by atoms with van der Waals surface area (Å²) in [5.41, 5.74) is 0. The molecular weight excluding hydrogens is 160 g/mol. The van der Waals surface area contributed by atoms with Crippen molar-refractivity contribution in [1.29, 1.82) is 0 Å². The van der Waals surface area contributed by atoms with Crippen LogP contribution >= 0.6 is 0 Å². The zero-order chi connectivity index (χ0) is 9.98. The molecule has 0 saturated heterocycles. The van der Waals surface area contributed by atoms with E-state index in [1.807, 2.05) is 0 Å². The van der Waals surface area contributed by atoms with Gasteiger partial charge in [-0.05, 0) is 26.7 Å². The van der Waals surface area contributed by atoms with Gasteiger partial charge in [-0.25, -0.2) is 0 Å². The van der Waals surface area contributed by atoms with Gasteiger partial charge in [0.15, 0.2) is 0 Å². The lowest BCUT2D eigenvalue weighted by atomic mass is 10.3. The van der Waals surface area contributed by atoms with Gasteiger partial charge in [0.1, 0.15) is 0 Å². The highest BCUT2D eigenvalue weighted by Crippen LogP contribution is 1.83. The summed E-state index contributed by atoms with van der Waals surface area (Å²) in [6.45, 7) is 3.46. The Morgan fingerprint density at radius 2 is 1.08 bits per heavy atom. The molecule has 0 rings (SSSR count). The van der Waals surface area contributed by atoms with Gasteiger partial charge >= 0.3 is 0 Å². The summed E-state index contributed by atoms with van der Waals surface area (Å²) in [5, 5.41) is 32.9. The summed E-state index contributed by atoms with van der Waals surface area (Å²) in [4.78, 5) is 0. The Hall–Kier alpha value is -0.160. The minimum absolute atomic E-state index is 0.0810. The van der Waals surface area contributed by atoms with Crippen molar-refractivity contribution in [2.75, 3.05) is 13.2 Å². The molecule has 0 aliphatic rings. The highest BCUT2D eigenvalue weighted by atomic mass is 16.3. The van der Waals surface area contributed by atoms with E-state index in [2.05, 4.69) is 0 Å². The summed E-state index contributed by atoms with van der Waals surface area (Å²) in [7, 11) is 0. The topological polar surface area (TPSA) is 80.9 Å². The number of hydrogen-bond donors (Lipinski definition) is 4. The summed E-state index contributed by atoms with van der Waals surface area (Å²) in [6.07, 6.45) is 0.269. The van der Waals surface area contributed by atoms with Crippen molar-refractivity contribution in [1.82, 2.24) is 0 Å². The van der Waals surface area contributed by atoms with Gasteiger partial charge in [0.2, 0.25) is 0 Å². The Labute approximate surface area is 73.5 Å². The van der Waals surface area contributed by atoms with Crippen molar-refractivity contribution in [3.05, 3.63) is 0 Å². The average Bonchev–Trinajstić information content (AvgIpc) is 1.87. The van der Waals surface area contributed by atoms with Crippen LogP contribution in [0.5, 0.6) is 0 Å². The van der Waals surface area contributed by atoms with Crippen LogP contribution in [0, 0.1) is 0 Å². The van der Waals surface area contributed by atoms with E-state index < -0.39 is 0 Å². The van der Waals surface area contributed by atoms with Crippen LogP contribution in [0.2, 0.25) is 0 Å². The van der Waals surface area contributed by atoms with E-state index in [-0.39, 0.29) is 25.4 Å². The lowest BCUT2D eigenvalue weighted by molar-refractivity contribution is 0.148. The van der Waals surface area contributed by atoms with Crippen LogP contribution < -0.4 is 0 Å². The van der Waals surface area contributed by atoms with E-state index in [1.165, 1.54) is 0 Å². The molecule has 4 N–H and O–H groups in total. The number of aliphatic hydroxyl groups is 4. The molecule has 0 aliphatic carbocycles. The van der Waals surface area contributed by atoms with Gasteiger partial charge in [0, 0.05) is 13.2 Å². The van der Waals surface area contributed by atoms with E-state index >= 15 is 0 Å². The Kier molecular flexibility index (Phi) is 13.0. The van der Waals surface area contributed by atoms with Crippen molar-refractivity contribution in [3.8, 4) is 0 Å². The van der Waals surface area contributed by atoms with Gasteiger partial charge in [-0.3, -0.25) is 0 Å². The molecule has 4 nitrogen and oxygen atoms in total.